The Morgan fingerprint density at radius 3 is 2.88 bits per heavy atom. The molecule has 0 unspecified atom stereocenters. The normalized spacial score (nSPS) is 16.9. The molecule has 2 aromatic heterocycles. The molecule has 0 radical (unpaired) electrons. The molecule has 0 saturated carbocycles. The van der Waals surface area contributed by atoms with Gasteiger partial charge in [-0.1, -0.05) is 17.8 Å². The molecule has 1 aliphatic rings. The van der Waals surface area contributed by atoms with E-state index in [9.17, 15) is 9.90 Å². The predicted octanol–water partition coefficient (Wildman–Crippen LogP) is 0.629. The molecule has 2 aromatic rings. The molecule has 0 amide bonds. The number of ether oxygens (including phenoxy) is 1. The zero-order valence-electron chi connectivity index (χ0n) is 15.3. The molecule has 0 aliphatic carbocycles. The Bertz CT molecular complexity index is 840. The molecule has 1 aliphatic heterocycles. The van der Waals surface area contributed by atoms with E-state index in [1.54, 1.807) is 22.0 Å². The van der Waals surface area contributed by atoms with Crippen LogP contribution in [0.1, 0.15) is 10.4 Å². The number of aliphatic hydroxyl groups is 1. The molecular formula is C18H26N3O3S2+. The van der Waals surface area contributed by atoms with Gasteiger partial charge in [-0.2, -0.15) is 0 Å². The maximum absolute atomic E-state index is 12.9. The van der Waals surface area contributed by atoms with Gasteiger partial charge in [-0.05, 0) is 19.4 Å². The summed E-state index contributed by atoms with van der Waals surface area (Å²) in [5.74, 6) is 0.517. The molecule has 2 N–H and O–H groups in total. The maximum atomic E-state index is 12.9. The van der Waals surface area contributed by atoms with Crippen molar-refractivity contribution in [2.45, 2.75) is 31.7 Å². The first kappa shape index (κ1) is 19.6. The highest BCUT2D eigenvalue weighted by molar-refractivity contribution is 7.99. The minimum Gasteiger partial charge on any atom is -0.386 e. The van der Waals surface area contributed by atoms with Crippen LogP contribution < -0.4 is 10.5 Å². The third kappa shape index (κ3) is 4.20. The second-order valence-corrected chi connectivity index (χ2v) is 8.78. The third-order valence-electron chi connectivity index (χ3n) is 4.69. The third-order valence-corrected chi connectivity index (χ3v) is 6.92. The van der Waals surface area contributed by atoms with Crippen LogP contribution in [0.15, 0.2) is 22.6 Å². The second-order valence-electron chi connectivity index (χ2n) is 6.59. The molecule has 6 nitrogen and oxygen atoms in total. The maximum Gasteiger partial charge on any atom is 0.263 e. The monoisotopic (exact) mass is 396 g/mol. The van der Waals surface area contributed by atoms with E-state index in [1.807, 2.05) is 13.8 Å². The predicted molar refractivity (Wildman–Crippen MR) is 107 cm³/mol. The largest absolute Gasteiger partial charge is 0.386 e. The van der Waals surface area contributed by atoms with E-state index in [0.717, 1.165) is 41.6 Å². The zero-order valence-corrected chi connectivity index (χ0v) is 16.9. The Balaban J connectivity index is 1.78. The van der Waals surface area contributed by atoms with Crippen LogP contribution in [-0.2, 0) is 11.3 Å². The molecule has 1 atom stereocenters. The molecule has 1 saturated heterocycles. The molecular weight excluding hydrogens is 370 g/mol. The molecule has 1 fully saturated rings. The van der Waals surface area contributed by atoms with Gasteiger partial charge < -0.3 is 14.7 Å². The molecule has 0 bridgehead atoms. The number of thiophene rings is 1. The van der Waals surface area contributed by atoms with Gasteiger partial charge in [0, 0.05) is 17.2 Å². The van der Waals surface area contributed by atoms with Crippen molar-refractivity contribution in [2.24, 2.45) is 0 Å². The number of fused-ring (bicyclic) bond motifs is 1. The summed E-state index contributed by atoms with van der Waals surface area (Å²) in [5, 5.41) is 11.8. The van der Waals surface area contributed by atoms with Gasteiger partial charge >= 0.3 is 0 Å². The van der Waals surface area contributed by atoms with Gasteiger partial charge in [0.15, 0.2) is 5.16 Å². The SMILES string of the molecule is C=CCn1c(SC[C@H](O)C[NH+]2CCOCC2)nc2sc(C)c(C)c2c1=O. The smallest absolute Gasteiger partial charge is 0.263 e. The number of thioether (sulfide) groups is 1. The van der Waals surface area contributed by atoms with Crippen molar-refractivity contribution < 1.29 is 14.7 Å². The summed E-state index contributed by atoms with van der Waals surface area (Å²) in [6, 6.07) is 0. The number of quaternary nitrogens is 1. The van der Waals surface area contributed by atoms with Crippen LogP contribution in [0.4, 0.5) is 0 Å². The van der Waals surface area contributed by atoms with Gasteiger partial charge in [0.1, 0.15) is 30.6 Å². The van der Waals surface area contributed by atoms with E-state index in [2.05, 4.69) is 6.58 Å². The minimum atomic E-state index is -0.440. The highest BCUT2D eigenvalue weighted by atomic mass is 32.2. The summed E-state index contributed by atoms with van der Waals surface area (Å²) in [6.45, 7) is 12.2. The summed E-state index contributed by atoms with van der Waals surface area (Å²) in [4.78, 5) is 20.9. The molecule has 26 heavy (non-hydrogen) atoms. The Hall–Kier alpha value is -1.19. The number of hydrogen-bond acceptors (Lipinski definition) is 6. The van der Waals surface area contributed by atoms with E-state index in [-0.39, 0.29) is 5.56 Å². The van der Waals surface area contributed by atoms with Crippen LogP contribution in [-0.4, -0.2) is 59.4 Å². The highest BCUT2D eigenvalue weighted by Gasteiger charge is 2.20. The van der Waals surface area contributed by atoms with Crippen molar-refractivity contribution in [3.63, 3.8) is 0 Å². The first-order chi connectivity index (χ1) is 12.5. The number of nitrogens with one attached hydrogen (secondary N) is 1. The Morgan fingerprint density at radius 1 is 1.46 bits per heavy atom. The first-order valence-electron chi connectivity index (χ1n) is 8.85. The molecule has 3 rings (SSSR count). The zero-order chi connectivity index (χ0) is 18.7. The number of aliphatic hydroxyl groups excluding tert-OH is 1. The Kier molecular flexibility index (Phi) is 6.52. The van der Waals surface area contributed by atoms with Gasteiger partial charge in [-0.25, -0.2) is 4.98 Å². The van der Waals surface area contributed by atoms with Gasteiger partial charge in [-0.15, -0.1) is 17.9 Å². The van der Waals surface area contributed by atoms with Crippen molar-refractivity contribution in [1.82, 2.24) is 9.55 Å². The lowest BCUT2D eigenvalue weighted by atomic mass is 10.2. The number of hydrogen-bond donors (Lipinski definition) is 2. The summed E-state index contributed by atoms with van der Waals surface area (Å²) >= 11 is 3.00. The van der Waals surface area contributed by atoms with Crippen LogP contribution in [0.2, 0.25) is 0 Å². The van der Waals surface area contributed by atoms with Crippen LogP contribution in [0.3, 0.4) is 0 Å². The number of allylic oxidation sites excluding steroid dienone is 1. The molecule has 0 spiro atoms. The summed E-state index contributed by atoms with van der Waals surface area (Å²) in [5.41, 5.74) is 0.986. The lowest BCUT2D eigenvalue weighted by Crippen LogP contribution is -3.15. The molecule has 3 heterocycles. The van der Waals surface area contributed by atoms with Gasteiger partial charge in [-0.3, -0.25) is 9.36 Å². The quantitative estimate of drug-likeness (QED) is 0.408. The Morgan fingerprint density at radius 2 is 2.19 bits per heavy atom. The van der Waals surface area contributed by atoms with E-state index >= 15 is 0 Å². The first-order valence-corrected chi connectivity index (χ1v) is 10.6. The molecule has 142 valence electrons. The fraction of sp³-hybridized carbons (Fsp3) is 0.556. The number of aryl methyl sites for hydroxylation is 2. The van der Waals surface area contributed by atoms with E-state index < -0.39 is 6.10 Å². The standard InChI is InChI=1S/C18H25N3O3S2/c1-4-5-21-17(23)15-12(2)13(3)26-16(15)19-18(21)25-11-14(22)10-20-6-8-24-9-7-20/h4,14,22H,1,5-11H2,2-3H3/p+1/t14-/m1/s1. The number of morpholine rings is 1. The van der Waals surface area contributed by atoms with Gasteiger partial charge in [0.25, 0.3) is 5.56 Å². The van der Waals surface area contributed by atoms with Gasteiger partial charge in [0.2, 0.25) is 0 Å². The van der Waals surface area contributed by atoms with Crippen LogP contribution in [0.5, 0.6) is 0 Å². The summed E-state index contributed by atoms with van der Waals surface area (Å²) < 4.78 is 7.02. The molecule has 8 heteroatoms. The van der Waals surface area contributed by atoms with Crippen molar-refractivity contribution in [1.29, 1.82) is 0 Å². The number of nitrogens with zero attached hydrogens (tertiary/aromatic N) is 2. The van der Waals surface area contributed by atoms with Gasteiger partial charge in [0.05, 0.1) is 18.6 Å². The minimum absolute atomic E-state index is 0.0208. The average Bonchev–Trinajstić information content (AvgIpc) is 2.91. The number of rotatable bonds is 7. The lowest BCUT2D eigenvalue weighted by Gasteiger charge is -2.25. The lowest BCUT2D eigenvalue weighted by molar-refractivity contribution is -0.910. The fourth-order valence-electron chi connectivity index (χ4n) is 3.14. The number of aromatic nitrogens is 2. The molecule has 0 aromatic carbocycles. The fourth-order valence-corrected chi connectivity index (χ4v) is 5.14. The Labute approximate surface area is 161 Å². The van der Waals surface area contributed by atoms with Crippen molar-refractivity contribution in [3.05, 3.63) is 33.4 Å². The second kappa shape index (κ2) is 8.67. The summed E-state index contributed by atoms with van der Waals surface area (Å²) in [6.07, 6.45) is 1.27. The topological polar surface area (TPSA) is 68.8 Å². The highest BCUT2D eigenvalue weighted by Crippen LogP contribution is 2.28. The van der Waals surface area contributed by atoms with Crippen LogP contribution in [0, 0.1) is 13.8 Å². The summed E-state index contributed by atoms with van der Waals surface area (Å²) in [7, 11) is 0. The van der Waals surface area contributed by atoms with Crippen molar-refractivity contribution >= 4 is 33.3 Å². The van der Waals surface area contributed by atoms with E-state index in [0.29, 0.717) is 29.4 Å². The van der Waals surface area contributed by atoms with Crippen LogP contribution in [0.25, 0.3) is 10.2 Å². The van der Waals surface area contributed by atoms with E-state index in [1.165, 1.54) is 16.7 Å². The van der Waals surface area contributed by atoms with Crippen LogP contribution >= 0.6 is 23.1 Å². The van der Waals surface area contributed by atoms with Crippen molar-refractivity contribution in [2.75, 3.05) is 38.6 Å². The van der Waals surface area contributed by atoms with E-state index in [4.69, 9.17) is 9.72 Å². The average molecular weight is 397 g/mol. The van der Waals surface area contributed by atoms with Crippen molar-refractivity contribution in [3.8, 4) is 0 Å².